The molecule has 2 saturated carbocycles. The average molecular weight is 106 g/mol. The summed E-state index contributed by atoms with van der Waals surface area (Å²) in [4.78, 5) is 0. The van der Waals surface area contributed by atoms with Gasteiger partial charge in [0.1, 0.15) is 0 Å². The molecule has 0 spiro atoms. The van der Waals surface area contributed by atoms with Crippen LogP contribution in [0.15, 0.2) is 11.6 Å². The Morgan fingerprint density at radius 1 is 1.38 bits per heavy atom. The van der Waals surface area contributed by atoms with E-state index in [0.717, 1.165) is 5.92 Å². The predicted octanol–water partition coefficient (Wildman–Crippen LogP) is 1.97. The van der Waals surface area contributed by atoms with Crippen LogP contribution < -0.4 is 0 Å². The third kappa shape index (κ3) is 0.229. The second-order valence-corrected chi connectivity index (χ2v) is 3.41. The van der Waals surface area contributed by atoms with Crippen molar-refractivity contribution in [2.24, 2.45) is 17.8 Å². The molecule has 0 N–H and O–H groups in total. The highest BCUT2D eigenvalue weighted by molar-refractivity contribution is 5.33. The highest BCUT2D eigenvalue weighted by Gasteiger charge is 2.60. The summed E-state index contributed by atoms with van der Waals surface area (Å²) < 4.78 is 0. The third-order valence-electron chi connectivity index (χ3n) is 3.14. The molecule has 8 heavy (non-hydrogen) atoms. The fraction of sp³-hybridized carbons (Fsp3) is 0.750. The molecule has 42 valence electrons. The minimum Gasteiger partial charge on any atom is -0.0850 e. The summed E-state index contributed by atoms with van der Waals surface area (Å²) >= 11 is 0. The largest absolute Gasteiger partial charge is 0.0850 e. The van der Waals surface area contributed by atoms with Crippen LogP contribution in [0.25, 0.3) is 0 Å². The lowest BCUT2D eigenvalue weighted by Crippen LogP contribution is -2.02. The molecule has 0 amide bonds. The van der Waals surface area contributed by atoms with Gasteiger partial charge < -0.3 is 0 Å². The number of hydrogen-bond donors (Lipinski definition) is 0. The maximum atomic E-state index is 2.48. The van der Waals surface area contributed by atoms with E-state index in [1.165, 1.54) is 31.1 Å². The molecule has 0 aromatic heterocycles. The Morgan fingerprint density at radius 3 is 3.12 bits per heavy atom. The standard InChI is InChI=1S/C8H10/c1-2-5-4-7-6(3-1)8(5)7/h2,6-8H,1,3-4H2/t6-,7?,8?/m1/s1. The summed E-state index contributed by atoms with van der Waals surface area (Å²) in [7, 11) is 0. The minimum absolute atomic E-state index is 1.13. The quantitative estimate of drug-likeness (QED) is 0.414. The maximum Gasteiger partial charge on any atom is -0.0137 e. The Bertz CT molecular complexity index is 167. The molecule has 0 aromatic rings. The van der Waals surface area contributed by atoms with Crippen LogP contribution >= 0.6 is 0 Å². The van der Waals surface area contributed by atoms with Crippen LogP contribution in [0.3, 0.4) is 0 Å². The van der Waals surface area contributed by atoms with Crippen molar-refractivity contribution in [3.05, 3.63) is 11.6 Å². The molecule has 3 atom stereocenters. The van der Waals surface area contributed by atoms with Crippen LogP contribution in [0, 0.1) is 17.8 Å². The van der Waals surface area contributed by atoms with E-state index in [-0.39, 0.29) is 0 Å². The molecule has 0 heterocycles. The van der Waals surface area contributed by atoms with Crippen LogP contribution in [-0.2, 0) is 0 Å². The zero-order valence-electron chi connectivity index (χ0n) is 4.93. The second kappa shape index (κ2) is 0.896. The molecule has 0 bridgehead atoms. The second-order valence-electron chi connectivity index (χ2n) is 3.41. The van der Waals surface area contributed by atoms with Gasteiger partial charge in [-0.1, -0.05) is 11.6 Å². The van der Waals surface area contributed by atoms with Gasteiger partial charge in [0.2, 0.25) is 0 Å². The smallest absolute Gasteiger partial charge is 0.0137 e. The van der Waals surface area contributed by atoms with Crippen LogP contribution in [0.2, 0.25) is 0 Å². The highest BCUT2D eigenvalue weighted by Crippen LogP contribution is 2.68. The van der Waals surface area contributed by atoms with Crippen molar-refractivity contribution in [2.45, 2.75) is 19.3 Å². The molecule has 0 saturated heterocycles. The number of allylic oxidation sites excluding steroid dienone is 2. The zero-order chi connectivity index (χ0) is 5.14. The lowest BCUT2D eigenvalue weighted by atomic mass is 9.91. The lowest BCUT2D eigenvalue weighted by molar-refractivity contribution is 0.617. The summed E-state index contributed by atoms with van der Waals surface area (Å²) in [6.45, 7) is 0. The van der Waals surface area contributed by atoms with Crippen molar-refractivity contribution in [1.29, 1.82) is 0 Å². The Morgan fingerprint density at radius 2 is 2.38 bits per heavy atom. The van der Waals surface area contributed by atoms with Gasteiger partial charge in [0, 0.05) is 0 Å². The van der Waals surface area contributed by atoms with E-state index in [9.17, 15) is 0 Å². The van der Waals surface area contributed by atoms with Crippen LogP contribution in [0.1, 0.15) is 19.3 Å². The molecule has 3 aliphatic carbocycles. The summed E-state index contributed by atoms with van der Waals surface area (Å²) in [6.07, 6.45) is 6.87. The SMILES string of the molecule is C1=C2CC3C2[C@@H]3CC1. The van der Waals surface area contributed by atoms with Crippen molar-refractivity contribution >= 4 is 0 Å². The lowest BCUT2D eigenvalue weighted by Gasteiger charge is -2.15. The normalized spacial score (nSPS) is 56.0. The number of hydrogen-bond acceptors (Lipinski definition) is 0. The molecule has 0 nitrogen and oxygen atoms in total. The van der Waals surface area contributed by atoms with Gasteiger partial charge in [-0.05, 0) is 37.0 Å². The van der Waals surface area contributed by atoms with Crippen LogP contribution in [-0.4, -0.2) is 0 Å². The fourth-order valence-corrected chi connectivity index (χ4v) is 2.60. The first kappa shape index (κ1) is 3.71. The molecule has 2 unspecified atom stereocenters. The zero-order valence-corrected chi connectivity index (χ0v) is 4.93. The van der Waals surface area contributed by atoms with Crippen molar-refractivity contribution < 1.29 is 0 Å². The van der Waals surface area contributed by atoms with Gasteiger partial charge in [0.25, 0.3) is 0 Å². The molecule has 0 aromatic carbocycles. The predicted molar refractivity (Wildman–Crippen MR) is 32.4 cm³/mol. The molecular weight excluding hydrogens is 96.1 g/mol. The first-order valence-electron chi connectivity index (χ1n) is 3.66. The van der Waals surface area contributed by atoms with Crippen LogP contribution in [0.4, 0.5) is 0 Å². The van der Waals surface area contributed by atoms with Gasteiger partial charge in [0.05, 0.1) is 0 Å². The van der Waals surface area contributed by atoms with Gasteiger partial charge in [-0.2, -0.15) is 0 Å². The topological polar surface area (TPSA) is 0 Å². The van der Waals surface area contributed by atoms with E-state index in [1.807, 2.05) is 5.57 Å². The molecule has 0 aliphatic heterocycles. The van der Waals surface area contributed by atoms with Gasteiger partial charge >= 0.3 is 0 Å². The monoisotopic (exact) mass is 106 g/mol. The van der Waals surface area contributed by atoms with Crippen molar-refractivity contribution in [2.75, 3.05) is 0 Å². The minimum atomic E-state index is 1.13. The van der Waals surface area contributed by atoms with E-state index in [4.69, 9.17) is 0 Å². The Balaban J connectivity index is 2.10. The van der Waals surface area contributed by atoms with Gasteiger partial charge in [-0.15, -0.1) is 0 Å². The number of rotatable bonds is 0. The molecule has 0 radical (unpaired) electrons. The first-order valence-corrected chi connectivity index (χ1v) is 3.66. The molecule has 0 heteroatoms. The highest BCUT2D eigenvalue weighted by atomic mass is 14.6. The average Bonchev–Trinajstić information content (AvgIpc) is 2.33. The first-order chi connectivity index (χ1) is 3.97. The van der Waals surface area contributed by atoms with E-state index < -0.39 is 0 Å². The van der Waals surface area contributed by atoms with E-state index in [1.54, 1.807) is 0 Å². The summed E-state index contributed by atoms with van der Waals surface area (Å²) in [5.41, 5.74) is 1.81. The van der Waals surface area contributed by atoms with Crippen molar-refractivity contribution in [1.82, 2.24) is 0 Å². The van der Waals surface area contributed by atoms with Gasteiger partial charge in [-0.25, -0.2) is 0 Å². The van der Waals surface area contributed by atoms with Crippen molar-refractivity contribution in [3.63, 3.8) is 0 Å². The molecular formula is C8H10. The molecule has 3 aliphatic rings. The van der Waals surface area contributed by atoms with E-state index >= 15 is 0 Å². The summed E-state index contributed by atoms with van der Waals surface area (Å²) in [5.74, 6) is 3.49. The number of fused-ring (bicyclic) bond motifs is 1. The van der Waals surface area contributed by atoms with E-state index in [2.05, 4.69) is 6.08 Å². The van der Waals surface area contributed by atoms with Gasteiger partial charge in [0.15, 0.2) is 0 Å². The summed E-state index contributed by atoms with van der Waals surface area (Å²) in [5, 5.41) is 0. The Kier molecular flexibility index (Phi) is 0.415. The van der Waals surface area contributed by atoms with Gasteiger partial charge in [-0.3, -0.25) is 0 Å². The maximum absolute atomic E-state index is 2.48. The van der Waals surface area contributed by atoms with Crippen LogP contribution in [0.5, 0.6) is 0 Å². The molecule has 3 rings (SSSR count). The van der Waals surface area contributed by atoms with Crippen molar-refractivity contribution in [3.8, 4) is 0 Å². The summed E-state index contributed by atoms with van der Waals surface area (Å²) in [6, 6.07) is 0. The Hall–Kier alpha value is -0.260. The third-order valence-corrected chi connectivity index (χ3v) is 3.14. The molecule has 2 fully saturated rings. The Labute approximate surface area is 49.6 Å². The van der Waals surface area contributed by atoms with E-state index in [0.29, 0.717) is 0 Å². The fourth-order valence-electron chi connectivity index (χ4n) is 2.60.